The average Bonchev–Trinajstić information content (AvgIpc) is 3.27. The molecule has 1 saturated heterocycles. The summed E-state index contributed by atoms with van der Waals surface area (Å²) in [7, 11) is -0.214. The zero-order valence-corrected chi connectivity index (χ0v) is 21.7. The molecule has 0 N–H and O–H groups in total. The third-order valence-electron chi connectivity index (χ3n) is 5.86. The first-order chi connectivity index (χ1) is 16.8. The highest BCUT2D eigenvalue weighted by molar-refractivity contribution is 7.90. The van der Waals surface area contributed by atoms with Crippen LogP contribution in [-0.4, -0.2) is 84.1 Å². The lowest BCUT2D eigenvalue weighted by Crippen LogP contribution is -2.43. The van der Waals surface area contributed by atoms with Gasteiger partial charge in [-0.05, 0) is 35.9 Å². The van der Waals surface area contributed by atoms with Crippen LogP contribution in [0.4, 0.5) is 5.13 Å². The number of ether oxygens (including phenoxy) is 3. The summed E-state index contributed by atoms with van der Waals surface area (Å²) in [6.45, 7) is 4.13. The Bertz CT molecular complexity index is 1300. The lowest BCUT2D eigenvalue weighted by molar-refractivity contribution is -0.118. The quantitative estimate of drug-likeness (QED) is 0.426. The van der Waals surface area contributed by atoms with Gasteiger partial charge in [-0.3, -0.25) is 14.6 Å². The summed E-state index contributed by atoms with van der Waals surface area (Å²) in [5, 5.41) is 0.546. The van der Waals surface area contributed by atoms with Gasteiger partial charge in [0, 0.05) is 32.4 Å². The molecular weight excluding hydrogens is 490 g/mol. The van der Waals surface area contributed by atoms with Crippen LogP contribution in [0.2, 0.25) is 0 Å². The molecule has 0 spiro atoms. The summed E-state index contributed by atoms with van der Waals surface area (Å²) < 4.78 is 40.8. The van der Waals surface area contributed by atoms with Gasteiger partial charge >= 0.3 is 0 Å². The van der Waals surface area contributed by atoms with Crippen molar-refractivity contribution < 1.29 is 27.4 Å². The van der Waals surface area contributed by atoms with E-state index in [-0.39, 0.29) is 17.2 Å². The Labute approximate surface area is 209 Å². The Balaban J connectivity index is 1.62. The van der Waals surface area contributed by atoms with Gasteiger partial charge in [0.25, 0.3) is 0 Å². The van der Waals surface area contributed by atoms with E-state index in [1.807, 2.05) is 6.07 Å². The van der Waals surface area contributed by atoms with E-state index in [1.54, 1.807) is 49.5 Å². The molecule has 0 saturated carbocycles. The molecule has 2 heterocycles. The molecule has 9 nitrogen and oxygen atoms in total. The molecule has 2 aromatic carbocycles. The van der Waals surface area contributed by atoms with Crippen molar-refractivity contribution in [3.05, 3.63) is 42.0 Å². The van der Waals surface area contributed by atoms with Gasteiger partial charge in [-0.25, -0.2) is 13.4 Å². The minimum atomic E-state index is -3.34. The van der Waals surface area contributed by atoms with Gasteiger partial charge in [0.15, 0.2) is 26.5 Å². The van der Waals surface area contributed by atoms with Gasteiger partial charge in [0.1, 0.15) is 0 Å². The summed E-state index contributed by atoms with van der Waals surface area (Å²) >= 11 is 1.32. The Hall–Kier alpha value is -2.73. The maximum atomic E-state index is 13.5. The van der Waals surface area contributed by atoms with Crippen molar-refractivity contribution in [1.29, 1.82) is 0 Å². The molecule has 1 fully saturated rings. The summed E-state index contributed by atoms with van der Waals surface area (Å²) in [5.41, 5.74) is 1.46. The third-order valence-corrected chi connectivity index (χ3v) is 8.01. The van der Waals surface area contributed by atoms with Crippen molar-refractivity contribution in [2.45, 2.75) is 11.3 Å². The van der Waals surface area contributed by atoms with Gasteiger partial charge in [-0.1, -0.05) is 17.4 Å². The third kappa shape index (κ3) is 6.10. The molecule has 1 aliphatic rings. The number of sulfone groups is 1. The number of nitrogens with zero attached hydrogens (tertiary/aromatic N) is 3. The fraction of sp³-hybridized carbons (Fsp3) is 0.417. The number of hydrogen-bond acceptors (Lipinski definition) is 9. The average molecular weight is 520 g/mol. The fourth-order valence-corrected chi connectivity index (χ4v) is 5.66. The van der Waals surface area contributed by atoms with E-state index < -0.39 is 9.84 Å². The predicted octanol–water partition coefficient (Wildman–Crippen LogP) is 2.62. The van der Waals surface area contributed by atoms with Crippen molar-refractivity contribution in [2.24, 2.45) is 0 Å². The number of morpholine rings is 1. The number of aromatic nitrogens is 1. The molecule has 1 aliphatic heterocycles. The first kappa shape index (κ1) is 25.4. The van der Waals surface area contributed by atoms with E-state index in [1.165, 1.54) is 17.6 Å². The fourth-order valence-electron chi connectivity index (χ4n) is 3.89. The van der Waals surface area contributed by atoms with E-state index in [2.05, 4.69) is 9.88 Å². The van der Waals surface area contributed by atoms with E-state index in [0.29, 0.717) is 48.5 Å². The van der Waals surface area contributed by atoms with Gasteiger partial charge < -0.3 is 14.2 Å². The summed E-state index contributed by atoms with van der Waals surface area (Å²) in [6.07, 6.45) is 1.34. The molecule has 35 heavy (non-hydrogen) atoms. The predicted molar refractivity (Wildman–Crippen MR) is 136 cm³/mol. The molecular formula is C24H29N3O6S2. The van der Waals surface area contributed by atoms with Crippen LogP contribution in [0.1, 0.15) is 5.56 Å². The van der Waals surface area contributed by atoms with Crippen molar-refractivity contribution in [1.82, 2.24) is 9.88 Å². The number of carbonyl (C=O) groups excluding carboxylic acids is 1. The molecule has 0 aliphatic carbocycles. The minimum Gasteiger partial charge on any atom is -0.493 e. The van der Waals surface area contributed by atoms with Crippen LogP contribution in [0.25, 0.3) is 10.2 Å². The second-order valence-corrected chi connectivity index (χ2v) is 11.3. The molecule has 0 radical (unpaired) electrons. The molecule has 11 heteroatoms. The SMILES string of the molecule is COc1ccc(CC(=O)N(CCN2CCOCC2)c2nc3ccc(S(C)(=O)=O)cc3s2)cc1OC. The monoisotopic (exact) mass is 519 g/mol. The second kappa shape index (κ2) is 10.9. The van der Waals surface area contributed by atoms with Crippen molar-refractivity contribution >= 4 is 42.4 Å². The first-order valence-electron chi connectivity index (χ1n) is 11.2. The highest BCUT2D eigenvalue weighted by Gasteiger charge is 2.23. The Kier molecular flexibility index (Phi) is 7.90. The number of methoxy groups -OCH3 is 2. The molecule has 0 unspecified atom stereocenters. The standard InChI is InChI=1S/C24H29N3O6S2/c1-31-20-7-4-17(14-21(20)32-2)15-23(28)27(9-8-26-10-12-33-13-11-26)24-25-19-6-5-18(35(3,29)30)16-22(19)34-24/h4-7,14,16H,8-13,15H2,1-3H3. The molecule has 0 bridgehead atoms. The first-order valence-corrected chi connectivity index (χ1v) is 13.9. The maximum Gasteiger partial charge on any atom is 0.233 e. The smallest absolute Gasteiger partial charge is 0.233 e. The largest absolute Gasteiger partial charge is 0.493 e. The zero-order chi connectivity index (χ0) is 25.0. The minimum absolute atomic E-state index is 0.104. The second-order valence-electron chi connectivity index (χ2n) is 8.26. The Morgan fingerprint density at radius 2 is 1.86 bits per heavy atom. The lowest BCUT2D eigenvalue weighted by atomic mass is 10.1. The maximum absolute atomic E-state index is 13.5. The highest BCUT2D eigenvalue weighted by atomic mass is 32.2. The number of carbonyl (C=O) groups is 1. The van der Waals surface area contributed by atoms with E-state index >= 15 is 0 Å². The Morgan fingerprint density at radius 1 is 1.11 bits per heavy atom. The van der Waals surface area contributed by atoms with E-state index in [0.717, 1.165) is 23.4 Å². The van der Waals surface area contributed by atoms with Gasteiger partial charge in [0.2, 0.25) is 5.91 Å². The van der Waals surface area contributed by atoms with E-state index in [4.69, 9.17) is 14.2 Å². The van der Waals surface area contributed by atoms with Gasteiger partial charge in [0.05, 0.1) is 49.0 Å². The van der Waals surface area contributed by atoms with Crippen molar-refractivity contribution in [2.75, 3.05) is 64.8 Å². The molecule has 0 atom stereocenters. The zero-order valence-electron chi connectivity index (χ0n) is 20.0. The molecule has 1 aromatic heterocycles. The molecule has 188 valence electrons. The number of benzene rings is 2. The number of hydrogen-bond donors (Lipinski definition) is 0. The number of anilines is 1. The van der Waals surface area contributed by atoms with E-state index in [9.17, 15) is 13.2 Å². The number of rotatable bonds is 9. The summed E-state index contributed by atoms with van der Waals surface area (Å²) in [4.78, 5) is 22.4. The van der Waals surface area contributed by atoms with Crippen LogP contribution in [0.15, 0.2) is 41.3 Å². The van der Waals surface area contributed by atoms with Crippen molar-refractivity contribution in [3.63, 3.8) is 0 Å². The van der Waals surface area contributed by atoms with Crippen LogP contribution in [-0.2, 0) is 25.8 Å². The number of fused-ring (bicyclic) bond motifs is 1. The molecule has 3 aromatic rings. The lowest BCUT2D eigenvalue weighted by Gasteiger charge is -2.29. The number of amides is 1. The molecule has 1 amide bonds. The highest BCUT2D eigenvalue weighted by Crippen LogP contribution is 2.32. The normalized spacial score (nSPS) is 14.7. The Morgan fingerprint density at radius 3 is 2.54 bits per heavy atom. The van der Waals surface area contributed by atoms with Gasteiger partial charge in [-0.15, -0.1) is 0 Å². The van der Waals surface area contributed by atoms with Crippen LogP contribution < -0.4 is 14.4 Å². The van der Waals surface area contributed by atoms with Crippen molar-refractivity contribution in [3.8, 4) is 11.5 Å². The molecule has 4 rings (SSSR count). The van der Waals surface area contributed by atoms with Crippen LogP contribution in [0.5, 0.6) is 11.5 Å². The van der Waals surface area contributed by atoms with Crippen LogP contribution >= 0.6 is 11.3 Å². The summed E-state index contributed by atoms with van der Waals surface area (Å²) in [6, 6.07) is 10.3. The summed E-state index contributed by atoms with van der Waals surface area (Å²) in [5.74, 6) is 1.06. The van der Waals surface area contributed by atoms with Crippen LogP contribution in [0, 0.1) is 0 Å². The van der Waals surface area contributed by atoms with Gasteiger partial charge in [-0.2, -0.15) is 0 Å². The topological polar surface area (TPSA) is 98.3 Å². The van der Waals surface area contributed by atoms with Crippen LogP contribution in [0.3, 0.4) is 0 Å². The number of thiazole rings is 1.